The fraction of sp³-hybridized carbons (Fsp3) is 0.900. The Morgan fingerprint density at radius 3 is 1.11 bits per heavy atom. The van der Waals surface area contributed by atoms with Gasteiger partial charge in [-0.2, -0.15) is 0 Å². The number of carbonyl (C=O) groups excluding carboxylic acids is 2. The van der Waals surface area contributed by atoms with Crippen LogP contribution in [0.15, 0.2) is 24.3 Å². The van der Waals surface area contributed by atoms with E-state index in [0.717, 1.165) is 44.9 Å². The molecule has 6 nitrogen and oxygen atoms in total. The minimum atomic E-state index is -0.846. The molecule has 6 heteroatoms. The average Bonchev–Trinajstić information content (AvgIpc) is 3.32. The van der Waals surface area contributed by atoms with Crippen molar-refractivity contribution in [3.05, 3.63) is 24.3 Å². The zero-order valence-corrected chi connectivity index (χ0v) is 44.4. The van der Waals surface area contributed by atoms with E-state index < -0.39 is 12.1 Å². The average molecular weight is 931 g/mol. The highest BCUT2D eigenvalue weighted by molar-refractivity contribution is 5.76. The highest BCUT2D eigenvalue weighted by Crippen LogP contribution is 2.17. The molecule has 1 amide bonds. The maximum atomic E-state index is 12.5. The maximum Gasteiger partial charge on any atom is 0.305 e. The van der Waals surface area contributed by atoms with Crippen LogP contribution in [0.5, 0.6) is 0 Å². The largest absolute Gasteiger partial charge is 0.466 e. The molecule has 0 bridgehead atoms. The standard InChI is InChI=1S/C60H115NO5/c1-3-5-7-9-11-13-15-17-18-19-23-26-29-32-36-40-44-48-52-58(63)57(56-62)61-59(64)53-49-45-41-37-33-30-27-24-21-20-22-25-28-31-35-39-43-47-51-55-66-60(65)54-50-46-42-38-34-16-14-12-10-8-6-4-2/h12,14,48,52,57-58,62-63H,3-11,13,15-47,49-51,53-56H2,1-2H3,(H,61,64)/b14-12-,52-48+. The van der Waals surface area contributed by atoms with E-state index in [9.17, 15) is 19.8 Å². The van der Waals surface area contributed by atoms with E-state index in [4.69, 9.17) is 4.74 Å². The number of nitrogens with one attached hydrogen (secondary N) is 1. The monoisotopic (exact) mass is 930 g/mol. The number of carbonyl (C=O) groups is 2. The molecule has 66 heavy (non-hydrogen) atoms. The summed E-state index contributed by atoms with van der Waals surface area (Å²) in [7, 11) is 0. The first-order chi connectivity index (χ1) is 32.5. The van der Waals surface area contributed by atoms with Crippen LogP contribution in [-0.4, -0.2) is 47.4 Å². The smallest absolute Gasteiger partial charge is 0.305 e. The molecule has 0 radical (unpaired) electrons. The van der Waals surface area contributed by atoms with Crippen LogP contribution in [0.25, 0.3) is 0 Å². The number of rotatable bonds is 55. The molecule has 0 spiro atoms. The molecule has 0 aliphatic carbocycles. The second-order valence-electron chi connectivity index (χ2n) is 20.3. The van der Waals surface area contributed by atoms with Crippen LogP contribution in [0.3, 0.4) is 0 Å². The predicted molar refractivity (Wildman–Crippen MR) is 287 cm³/mol. The topological polar surface area (TPSA) is 95.9 Å². The van der Waals surface area contributed by atoms with E-state index in [1.54, 1.807) is 6.08 Å². The molecule has 2 unspecified atom stereocenters. The van der Waals surface area contributed by atoms with Crippen LogP contribution < -0.4 is 5.32 Å². The number of aliphatic hydroxyl groups excluding tert-OH is 2. The summed E-state index contributed by atoms with van der Waals surface area (Å²) >= 11 is 0. The van der Waals surface area contributed by atoms with E-state index in [1.807, 2.05) is 6.08 Å². The van der Waals surface area contributed by atoms with E-state index in [-0.39, 0.29) is 18.5 Å². The van der Waals surface area contributed by atoms with Gasteiger partial charge in [-0.05, 0) is 57.8 Å². The molecule has 0 rings (SSSR count). The lowest BCUT2D eigenvalue weighted by molar-refractivity contribution is -0.143. The maximum absolute atomic E-state index is 12.5. The molecule has 2 atom stereocenters. The first-order valence-corrected chi connectivity index (χ1v) is 29.6. The van der Waals surface area contributed by atoms with E-state index in [0.29, 0.717) is 19.4 Å². The molecule has 0 fully saturated rings. The Kier molecular flexibility index (Phi) is 54.5. The SMILES string of the molecule is CCCCC/C=C\CCCCCCCC(=O)OCCCCCCCCCCCCCCCCCCCCCC(=O)NC(CO)C(O)/C=C/CCCCCCCCCCCCCCCCCC. The fourth-order valence-electron chi connectivity index (χ4n) is 9.16. The molecule has 0 aromatic heterocycles. The summed E-state index contributed by atoms with van der Waals surface area (Å²) in [5.41, 5.74) is 0. The zero-order chi connectivity index (χ0) is 47.9. The lowest BCUT2D eigenvalue weighted by Crippen LogP contribution is -2.45. The van der Waals surface area contributed by atoms with E-state index in [1.165, 1.54) is 250 Å². The molecule has 0 saturated carbocycles. The molecular weight excluding hydrogens is 815 g/mol. The normalized spacial score (nSPS) is 12.7. The van der Waals surface area contributed by atoms with E-state index >= 15 is 0 Å². The van der Waals surface area contributed by atoms with Crippen molar-refractivity contribution in [2.24, 2.45) is 0 Å². The zero-order valence-electron chi connectivity index (χ0n) is 44.4. The van der Waals surface area contributed by atoms with Crippen molar-refractivity contribution in [3.63, 3.8) is 0 Å². The molecule has 3 N–H and O–H groups in total. The van der Waals surface area contributed by atoms with Gasteiger partial charge >= 0.3 is 5.97 Å². The third-order valence-electron chi connectivity index (χ3n) is 13.7. The number of hydrogen-bond acceptors (Lipinski definition) is 5. The first kappa shape index (κ1) is 64.3. The highest BCUT2D eigenvalue weighted by Gasteiger charge is 2.18. The van der Waals surface area contributed by atoms with Crippen molar-refractivity contribution in [3.8, 4) is 0 Å². The van der Waals surface area contributed by atoms with Crippen LogP contribution in [0.1, 0.15) is 322 Å². The fourth-order valence-corrected chi connectivity index (χ4v) is 9.16. The summed E-state index contributed by atoms with van der Waals surface area (Å²) in [6.45, 7) is 4.89. The van der Waals surface area contributed by atoms with Crippen molar-refractivity contribution < 1.29 is 24.5 Å². The molecule has 0 saturated heterocycles. The van der Waals surface area contributed by atoms with Gasteiger partial charge in [0.25, 0.3) is 0 Å². The summed E-state index contributed by atoms with van der Waals surface area (Å²) in [6, 6.07) is -0.630. The Labute approximate surface area is 411 Å². The minimum Gasteiger partial charge on any atom is -0.466 e. The highest BCUT2D eigenvalue weighted by atomic mass is 16.5. The number of hydrogen-bond donors (Lipinski definition) is 3. The Morgan fingerprint density at radius 2 is 0.712 bits per heavy atom. The minimum absolute atomic E-state index is 0.00157. The number of allylic oxidation sites excluding steroid dienone is 3. The van der Waals surface area contributed by atoms with Crippen LogP contribution in [-0.2, 0) is 14.3 Å². The number of aliphatic hydroxyl groups is 2. The molecule has 0 heterocycles. The second kappa shape index (κ2) is 55.9. The Bertz CT molecular complexity index is 1030. The van der Waals surface area contributed by atoms with Crippen LogP contribution in [0.4, 0.5) is 0 Å². The molecule has 0 aliphatic heterocycles. The summed E-state index contributed by atoms with van der Waals surface area (Å²) in [5, 5.41) is 23.2. The van der Waals surface area contributed by atoms with Crippen molar-refractivity contribution in [1.29, 1.82) is 0 Å². The molecule has 0 aromatic rings. The molecule has 0 aromatic carbocycles. The van der Waals surface area contributed by atoms with Crippen molar-refractivity contribution >= 4 is 11.9 Å². The summed E-state index contributed by atoms with van der Waals surface area (Å²) < 4.78 is 5.46. The number of ether oxygens (including phenoxy) is 1. The Balaban J connectivity index is 3.44. The van der Waals surface area contributed by atoms with Gasteiger partial charge in [0, 0.05) is 12.8 Å². The summed E-state index contributed by atoms with van der Waals surface area (Å²) in [4.78, 5) is 24.5. The molecule has 0 aliphatic rings. The van der Waals surface area contributed by atoms with E-state index in [2.05, 4.69) is 31.3 Å². The lowest BCUT2D eigenvalue weighted by Gasteiger charge is -2.20. The third kappa shape index (κ3) is 51.7. The van der Waals surface area contributed by atoms with Crippen LogP contribution in [0, 0.1) is 0 Å². The Morgan fingerprint density at radius 1 is 0.409 bits per heavy atom. The van der Waals surface area contributed by atoms with Gasteiger partial charge in [0.05, 0.1) is 25.4 Å². The predicted octanol–water partition coefficient (Wildman–Crippen LogP) is 18.2. The van der Waals surface area contributed by atoms with Gasteiger partial charge < -0.3 is 20.3 Å². The Hall–Kier alpha value is -1.66. The van der Waals surface area contributed by atoms with Crippen molar-refractivity contribution in [2.45, 2.75) is 334 Å². The summed E-state index contributed by atoms with van der Waals surface area (Å²) in [5.74, 6) is -0.0704. The van der Waals surface area contributed by atoms with Gasteiger partial charge in [0.15, 0.2) is 0 Å². The van der Waals surface area contributed by atoms with Gasteiger partial charge in [0.1, 0.15) is 0 Å². The van der Waals surface area contributed by atoms with Gasteiger partial charge in [-0.1, -0.05) is 276 Å². The summed E-state index contributed by atoms with van der Waals surface area (Å²) in [6.07, 6.45) is 67.7. The lowest BCUT2D eigenvalue weighted by atomic mass is 10.0. The first-order valence-electron chi connectivity index (χ1n) is 29.6. The van der Waals surface area contributed by atoms with Gasteiger partial charge in [-0.25, -0.2) is 0 Å². The molecular formula is C60H115NO5. The number of unbranched alkanes of at least 4 members (excludes halogenated alkanes) is 42. The number of amides is 1. The van der Waals surface area contributed by atoms with Crippen LogP contribution >= 0.6 is 0 Å². The number of esters is 1. The van der Waals surface area contributed by atoms with Crippen molar-refractivity contribution in [2.75, 3.05) is 13.2 Å². The van der Waals surface area contributed by atoms with Gasteiger partial charge in [0.2, 0.25) is 5.91 Å². The quantitative estimate of drug-likeness (QED) is 0.0321. The molecule has 390 valence electrons. The van der Waals surface area contributed by atoms with Gasteiger partial charge in [-0.15, -0.1) is 0 Å². The van der Waals surface area contributed by atoms with Crippen LogP contribution in [0.2, 0.25) is 0 Å². The third-order valence-corrected chi connectivity index (χ3v) is 13.7. The van der Waals surface area contributed by atoms with Gasteiger partial charge in [-0.3, -0.25) is 9.59 Å². The second-order valence-corrected chi connectivity index (χ2v) is 20.3. The van der Waals surface area contributed by atoms with Crippen molar-refractivity contribution in [1.82, 2.24) is 5.32 Å².